The van der Waals surface area contributed by atoms with Crippen LogP contribution in [0.15, 0.2) is 23.6 Å². The van der Waals surface area contributed by atoms with Crippen LogP contribution < -0.4 is 15.8 Å². The van der Waals surface area contributed by atoms with Gasteiger partial charge in [0.25, 0.3) is 5.91 Å². The van der Waals surface area contributed by atoms with Gasteiger partial charge in [-0.2, -0.15) is 0 Å². The van der Waals surface area contributed by atoms with E-state index in [2.05, 4.69) is 10.3 Å². The van der Waals surface area contributed by atoms with E-state index in [0.29, 0.717) is 40.3 Å². The summed E-state index contributed by atoms with van der Waals surface area (Å²) in [5.41, 5.74) is 6.36. The van der Waals surface area contributed by atoms with Crippen molar-refractivity contribution in [2.24, 2.45) is 5.73 Å². The molecule has 1 saturated heterocycles. The number of amides is 1. The number of ether oxygens (including phenoxy) is 2. The zero-order chi connectivity index (χ0) is 16.9. The van der Waals surface area contributed by atoms with Crippen LogP contribution in [-0.2, 0) is 11.3 Å². The molecule has 0 spiro atoms. The summed E-state index contributed by atoms with van der Waals surface area (Å²) in [6.45, 7) is 1.52. The summed E-state index contributed by atoms with van der Waals surface area (Å²) in [7, 11) is 0. The smallest absolute Gasteiger partial charge is 0.275 e. The second-order valence-corrected chi connectivity index (χ2v) is 6.75. The Kier molecular flexibility index (Phi) is 5.68. The molecule has 1 aromatic heterocycles. The predicted octanol–water partition coefficient (Wildman–Crippen LogP) is 3.07. The molecule has 0 aliphatic carbocycles. The maximum atomic E-state index is 12.3. The van der Waals surface area contributed by atoms with Gasteiger partial charge in [0.1, 0.15) is 23.1 Å². The molecule has 2 aromatic rings. The molecule has 1 amide bonds. The molecular formula is C16H18ClN3O3S. The van der Waals surface area contributed by atoms with Crippen LogP contribution in [0.3, 0.4) is 0 Å². The first-order valence-electron chi connectivity index (χ1n) is 7.65. The van der Waals surface area contributed by atoms with Gasteiger partial charge in [-0.1, -0.05) is 11.6 Å². The highest BCUT2D eigenvalue weighted by Crippen LogP contribution is 2.29. The summed E-state index contributed by atoms with van der Waals surface area (Å²) in [6.07, 6.45) is 2.12. The van der Waals surface area contributed by atoms with E-state index >= 15 is 0 Å². The van der Waals surface area contributed by atoms with Crippen molar-refractivity contribution in [3.63, 3.8) is 0 Å². The summed E-state index contributed by atoms with van der Waals surface area (Å²) >= 11 is 7.39. The highest BCUT2D eigenvalue weighted by molar-refractivity contribution is 7.09. The summed E-state index contributed by atoms with van der Waals surface area (Å²) in [6, 6.07) is 5.11. The van der Waals surface area contributed by atoms with E-state index in [1.54, 1.807) is 23.6 Å². The molecule has 2 heterocycles. The lowest BCUT2D eigenvalue weighted by Gasteiger charge is -2.15. The average molecular weight is 368 g/mol. The van der Waals surface area contributed by atoms with Gasteiger partial charge in [-0.05, 0) is 31.0 Å². The van der Waals surface area contributed by atoms with E-state index in [0.717, 1.165) is 19.4 Å². The minimum atomic E-state index is -0.324. The van der Waals surface area contributed by atoms with E-state index in [4.69, 9.17) is 26.8 Å². The van der Waals surface area contributed by atoms with Gasteiger partial charge in [-0.3, -0.25) is 4.79 Å². The number of hydrogen-bond donors (Lipinski definition) is 2. The van der Waals surface area contributed by atoms with Crippen LogP contribution in [0.1, 0.15) is 28.3 Å². The van der Waals surface area contributed by atoms with Gasteiger partial charge in [-0.15, -0.1) is 11.3 Å². The number of aromatic nitrogens is 1. The minimum absolute atomic E-state index is 0.0925. The molecule has 1 fully saturated rings. The summed E-state index contributed by atoms with van der Waals surface area (Å²) in [5, 5.41) is 5.69. The highest BCUT2D eigenvalue weighted by atomic mass is 35.5. The molecule has 0 bridgehead atoms. The Labute approximate surface area is 148 Å². The van der Waals surface area contributed by atoms with E-state index in [1.807, 2.05) is 0 Å². The van der Waals surface area contributed by atoms with Gasteiger partial charge in [0.2, 0.25) is 0 Å². The quantitative estimate of drug-likeness (QED) is 0.819. The topological polar surface area (TPSA) is 86.5 Å². The lowest BCUT2D eigenvalue weighted by Crippen LogP contribution is -2.18. The largest absolute Gasteiger partial charge is 0.489 e. The lowest BCUT2D eigenvalue weighted by atomic mass is 10.2. The molecule has 1 atom stereocenters. The van der Waals surface area contributed by atoms with Gasteiger partial charge in [-0.25, -0.2) is 4.98 Å². The minimum Gasteiger partial charge on any atom is -0.489 e. The van der Waals surface area contributed by atoms with Crippen molar-refractivity contribution in [3.05, 3.63) is 39.3 Å². The maximum Gasteiger partial charge on any atom is 0.275 e. The van der Waals surface area contributed by atoms with Gasteiger partial charge in [0.15, 0.2) is 0 Å². The van der Waals surface area contributed by atoms with Crippen LogP contribution in [0.2, 0.25) is 5.02 Å². The van der Waals surface area contributed by atoms with Crippen molar-refractivity contribution in [1.82, 2.24) is 4.98 Å². The van der Waals surface area contributed by atoms with Crippen LogP contribution in [0.5, 0.6) is 5.75 Å². The molecule has 3 N–H and O–H groups in total. The standard InChI is InChI=1S/C16H18ClN3O3S/c17-10-3-4-14(23-8-11-2-1-5-22-11)12(6-10)20-16(21)13-9-24-15(7-18)19-13/h3-4,6,9,11H,1-2,5,7-8,18H2,(H,20,21). The monoisotopic (exact) mass is 367 g/mol. The molecule has 0 radical (unpaired) electrons. The van der Waals surface area contributed by atoms with Crippen molar-refractivity contribution in [3.8, 4) is 5.75 Å². The van der Waals surface area contributed by atoms with Gasteiger partial charge in [0.05, 0.1) is 11.8 Å². The molecule has 1 unspecified atom stereocenters. The Bertz CT molecular complexity index is 716. The first-order chi connectivity index (χ1) is 11.7. The number of hydrogen-bond acceptors (Lipinski definition) is 6. The van der Waals surface area contributed by atoms with Gasteiger partial charge >= 0.3 is 0 Å². The summed E-state index contributed by atoms with van der Waals surface area (Å²) in [5.74, 6) is 0.229. The summed E-state index contributed by atoms with van der Waals surface area (Å²) in [4.78, 5) is 16.5. The third-order valence-corrected chi connectivity index (χ3v) is 4.70. The molecule has 24 heavy (non-hydrogen) atoms. The zero-order valence-electron chi connectivity index (χ0n) is 13.0. The normalized spacial score (nSPS) is 17.0. The number of nitrogens with zero attached hydrogens (tertiary/aromatic N) is 1. The number of halogens is 1. The predicted molar refractivity (Wildman–Crippen MR) is 93.9 cm³/mol. The van der Waals surface area contributed by atoms with E-state index in [1.165, 1.54) is 11.3 Å². The third kappa shape index (κ3) is 4.24. The maximum absolute atomic E-state index is 12.3. The van der Waals surface area contributed by atoms with Crippen LogP contribution in [0, 0.1) is 0 Å². The second-order valence-electron chi connectivity index (χ2n) is 5.37. The van der Waals surface area contributed by atoms with E-state index < -0.39 is 0 Å². The number of nitrogens with one attached hydrogen (secondary N) is 1. The summed E-state index contributed by atoms with van der Waals surface area (Å²) < 4.78 is 11.3. The molecule has 1 aliphatic heterocycles. The number of anilines is 1. The Hall–Kier alpha value is -1.67. The first kappa shape index (κ1) is 17.2. The van der Waals surface area contributed by atoms with Gasteiger partial charge < -0.3 is 20.5 Å². The number of thiazole rings is 1. The fourth-order valence-electron chi connectivity index (χ4n) is 2.38. The van der Waals surface area contributed by atoms with Crippen LogP contribution in [-0.4, -0.2) is 30.2 Å². The van der Waals surface area contributed by atoms with Crippen LogP contribution in [0.25, 0.3) is 0 Å². The van der Waals surface area contributed by atoms with Crippen molar-refractivity contribution in [2.45, 2.75) is 25.5 Å². The lowest BCUT2D eigenvalue weighted by molar-refractivity contribution is 0.0682. The molecule has 3 rings (SSSR count). The Morgan fingerprint density at radius 1 is 1.54 bits per heavy atom. The van der Waals surface area contributed by atoms with Crippen molar-refractivity contribution < 1.29 is 14.3 Å². The van der Waals surface area contributed by atoms with Gasteiger partial charge in [0, 0.05) is 23.6 Å². The molecule has 1 aromatic carbocycles. The molecular weight excluding hydrogens is 350 g/mol. The average Bonchev–Trinajstić information content (AvgIpc) is 3.25. The molecule has 0 saturated carbocycles. The number of carbonyl (C=O) groups is 1. The Balaban J connectivity index is 1.70. The fourth-order valence-corrected chi connectivity index (χ4v) is 3.21. The van der Waals surface area contributed by atoms with Crippen LogP contribution >= 0.6 is 22.9 Å². The van der Waals surface area contributed by atoms with E-state index in [-0.39, 0.29) is 12.0 Å². The first-order valence-corrected chi connectivity index (χ1v) is 8.91. The second kappa shape index (κ2) is 7.94. The fraction of sp³-hybridized carbons (Fsp3) is 0.375. The van der Waals surface area contributed by atoms with Crippen molar-refractivity contribution in [2.75, 3.05) is 18.5 Å². The molecule has 128 valence electrons. The molecule has 6 nitrogen and oxygen atoms in total. The Morgan fingerprint density at radius 3 is 3.12 bits per heavy atom. The SMILES string of the molecule is NCc1nc(C(=O)Nc2cc(Cl)ccc2OCC2CCCO2)cs1. The third-order valence-electron chi connectivity index (χ3n) is 3.60. The molecule has 8 heteroatoms. The number of nitrogens with two attached hydrogens (primary N) is 1. The zero-order valence-corrected chi connectivity index (χ0v) is 14.5. The highest BCUT2D eigenvalue weighted by Gasteiger charge is 2.18. The van der Waals surface area contributed by atoms with Crippen molar-refractivity contribution in [1.29, 1.82) is 0 Å². The van der Waals surface area contributed by atoms with Crippen LogP contribution in [0.4, 0.5) is 5.69 Å². The number of rotatable bonds is 6. The number of benzene rings is 1. The van der Waals surface area contributed by atoms with Crippen molar-refractivity contribution >= 4 is 34.5 Å². The van der Waals surface area contributed by atoms with E-state index in [9.17, 15) is 4.79 Å². The number of carbonyl (C=O) groups excluding carboxylic acids is 1. The Morgan fingerprint density at radius 2 is 2.42 bits per heavy atom. The molecule has 1 aliphatic rings.